The number of nitrogens with zero attached hydrogens (tertiary/aromatic N) is 1. The SMILES string of the molecule is CC/C=C\C/C=C\C/C=C\C/C=C\C/C=C\C/C=C\CCCCCCC(=O)NC(COP(=O)(O)OCC[N+](C)(C)C)C(/C=C/CCCCCCCCCCC)OC(=O)CCCCCCCCCCCC/C=C\C/C=C\C/C=C\CCCCC. The first-order valence-corrected chi connectivity index (χ1v) is 35.4. The fourth-order valence-electron chi connectivity index (χ4n) is 9.19. The van der Waals surface area contributed by atoms with Crippen LogP contribution in [0.1, 0.15) is 278 Å². The van der Waals surface area contributed by atoms with Gasteiger partial charge >= 0.3 is 13.8 Å². The second kappa shape index (κ2) is 61.5. The second-order valence-electron chi connectivity index (χ2n) is 23.6. The smallest absolute Gasteiger partial charge is 0.456 e. The minimum absolute atomic E-state index is 0.0280. The number of allylic oxidation sites excluding steroid dienone is 19. The van der Waals surface area contributed by atoms with Gasteiger partial charge in [-0.1, -0.05) is 265 Å². The number of amides is 1. The van der Waals surface area contributed by atoms with Crippen molar-refractivity contribution in [3.05, 3.63) is 122 Å². The van der Waals surface area contributed by atoms with Crippen LogP contribution in [-0.2, 0) is 27.9 Å². The molecule has 83 heavy (non-hydrogen) atoms. The fraction of sp³-hybridized carbons (Fsp3) is 0.699. The van der Waals surface area contributed by atoms with Crippen molar-refractivity contribution in [2.45, 2.75) is 290 Å². The molecule has 476 valence electrons. The van der Waals surface area contributed by atoms with E-state index in [4.69, 9.17) is 13.8 Å². The Hall–Kier alpha value is -3.59. The molecule has 0 rings (SSSR count). The minimum atomic E-state index is -4.47. The molecule has 10 heteroatoms. The molecular formula is C73H128N2O7P+. The summed E-state index contributed by atoms with van der Waals surface area (Å²) in [6.45, 7) is 6.84. The molecule has 0 fully saturated rings. The van der Waals surface area contributed by atoms with E-state index in [1.807, 2.05) is 33.3 Å². The molecule has 0 saturated carbocycles. The van der Waals surface area contributed by atoms with E-state index in [1.54, 1.807) is 0 Å². The molecule has 0 saturated heterocycles. The zero-order chi connectivity index (χ0) is 60.7. The third kappa shape index (κ3) is 62.8. The van der Waals surface area contributed by atoms with E-state index in [0.29, 0.717) is 23.9 Å². The Labute approximate surface area is 512 Å². The van der Waals surface area contributed by atoms with E-state index in [0.717, 1.165) is 128 Å². The van der Waals surface area contributed by atoms with Crippen LogP contribution >= 0.6 is 7.82 Å². The number of hydrogen-bond acceptors (Lipinski definition) is 6. The Bertz CT molecular complexity index is 1830. The van der Waals surface area contributed by atoms with E-state index in [-0.39, 0.29) is 31.5 Å². The summed E-state index contributed by atoms with van der Waals surface area (Å²) < 4.78 is 30.7. The van der Waals surface area contributed by atoms with Crippen LogP contribution in [0.25, 0.3) is 0 Å². The van der Waals surface area contributed by atoms with Gasteiger partial charge in [0, 0.05) is 12.8 Å². The van der Waals surface area contributed by atoms with Gasteiger partial charge in [-0.3, -0.25) is 18.6 Å². The Morgan fingerprint density at radius 1 is 0.434 bits per heavy atom. The lowest BCUT2D eigenvalue weighted by Gasteiger charge is -2.27. The van der Waals surface area contributed by atoms with E-state index in [2.05, 4.69) is 135 Å². The summed E-state index contributed by atoms with van der Waals surface area (Å²) in [5, 5.41) is 3.05. The van der Waals surface area contributed by atoms with E-state index >= 15 is 0 Å². The average molecular weight is 1180 g/mol. The van der Waals surface area contributed by atoms with Crippen molar-refractivity contribution < 1.29 is 37.3 Å². The standard InChI is InChI=1S/C73H127N2O7P/c1-7-10-13-16-19-22-25-27-29-31-33-35-37-39-41-43-45-47-50-53-56-59-62-65-72(76)74-70(69-81-83(78,79)80-68-67-75(4,5)6)71(64-61-58-55-52-49-24-21-18-15-12-9-3)82-73(77)66-63-60-57-54-51-48-46-44-42-40-38-36-34-32-30-28-26-23-20-17-14-11-8-2/h10,13,19-20,22-23,27-30,33-36,39,41,45,47,61,64,70-71H,7-9,11-12,14-18,21,24-26,31-32,37-38,40,42-44,46,48-60,62-63,65-69H2,1-6H3,(H-,74,76,78,79)/p+1/b13-10-,22-19-,23-20-,29-27-,30-28-,35-33-,36-34-,41-39-,47-45-,64-61+. The number of rotatable bonds is 60. The van der Waals surface area contributed by atoms with Crippen LogP contribution in [0.3, 0.4) is 0 Å². The van der Waals surface area contributed by atoms with Crippen LogP contribution < -0.4 is 5.32 Å². The maximum Gasteiger partial charge on any atom is 0.472 e. The molecule has 3 atom stereocenters. The number of phosphoric acid groups is 1. The normalized spacial score (nSPS) is 14.3. The summed E-state index contributed by atoms with van der Waals surface area (Å²) in [4.78, 5) is 37.8. The molecule has 0 radical (unpaired) electrons. The number of esters is 1. The Balaban J connectivity index is 5.17. The summed E-state index contributed by atoms with van der Waals surface area (Å²) in [6.07, 6.45) is 86.3. The number of phosphoric ester groups is 1. The largest absolute Gasteiger partial charge is 0.472 e. The first-order valence-electron chi connectivity index (χ1n) is 33.9. The molecule has 0 aliphatic heterocycles. The lowest BCUT2D eigenvalue weighted by atomic mass is 10.0. The van der Waals surface area contributed by atoms with Crippen molar-refractivity contribution in [1.29, 1.82) is 0 Å². The van der Waals surface area contributed by atoms with Crippen molar-refractivity contribution in [2.75, 3.05) is 40.9 Å². The third-order valence-electron chi connectivity index (χ3n) is 14.4. The lowest BCUT2D eigenvalue weighted by molar-refractivity contribution is -0.870. The molecule has 0 aliphatic rings. The van der Waals surface area contributed by atoms with Gasteiger partial charge in [0.2, 0.25) is 5.91 Å². The molecule has 0 aromatic heterocycles. The molecule has 1 amide bonds. The number of likely N-dealkylation sites (N-methyl/N-ethyl adjacent to an activating group) is 1. The number of quaternary nitrogens is 1. The molecule has 2 N–H and O–H groups in total. The molecule has 0 aliphatic carbocycles. The highest BCUT2D eigenvalue weighted by molar-refractivity contribution is 7.47. The minimum Gasteiger partial charge on any atom is -0.456 e. The number of carbonyl (C=O) groups excluding carboxylic acids is 2. The number of carbonyl (C=O) groups is 2. The first-order chi connectivity index (χ1) is 40.4. The molecule has 3 unspecified atom stereocenters. The van der Waals surface area contributed by atoms with Gasteiger partial charge in [-0.2, -0.15) is 0 Å². The van der Waals surface area contributed by atoms with Gasteiger partial charge in [-0.15, -0.1) is 0 Å². The fourth-order valence-corrected chi connectivity index (χ4v) is 9.92. The van der Waals surface area contributed by atoms with Crippen LogP contribution in [-0.4, -0.2) is 74.3 Å². The molecule has 0 spiro atoms. The molecule has 0 bridgehead atoms. The summed E-state index contributed by atoms with van der Waals surface area (Å²) in [7, 11) is 1.46. The Kier molecular flexibility index (Phi) is 58.8. The van der Waals surface area contributed by atoms with Crippen molar-refractivity contribution in [3.63, 3.8) is 0 Å². The van der Waals surface area contributed by atoms with E-state index in [9.17, 15) is 19.0 Å². The third-order valence-corrected chi connectivity index (χ3v) is 15.4. The maximum atomic E-state index is 13.6. The van der Waals surface area contributed by atoms with Crippen molar-refractivity contribution >= 4 is 19.7 Å². The molecular weight excluding hydrogens is 1050 g/mol. The van der Waals surface area contributed by atoms with Crippen molar-refractivity contribution in [1.82, 2.24) is 5.32 Å². The van der Waals surface area contributed by atoms with Gasteiger partial charge in [0.05, 0.1) is 33.8 Å². The van der Waals surface area contributed by atoms with Gasteiger partial charge in [-0.25, -0.2) is 4.57 Å². The maximum absolute atomic E-state index is 13.6. The number of unbranched alkanes of at least 4 members (excludes halogenated alkanes) is 26. The van der Waals surface area contributed by atoms with Gasteiger partial charge in [0.15, 0.2) is 0 Å². The molecule has 0 aromatic rings. The van der Waals surface area contributed by atoms with Crippen LogP contribution in [0.15, 0.2) is 122 Å². The molecule has 0 heterocycles. The van der Waals surface area contributed by atoms with Crippen molar-refractivity contribution in [3.8, 4) is 0 Å². The highest BCUT2D eigenvalue weighted by Crippen LogP contribution is 2.43. The summed E-state index contributed by atoms with van der Waals surface area (Å²) in [5.74, 6) is -0.543. The first kappa shape index (κ1) is 79.4. The monoisotopic (exact) mass is 1180 g/mol. The molecule has 9 nitrogen and oxygen atoms in total. The van der Waals surface area contributed by atoms with Crippen LogP contribution in [0, 0.1) is 0 Å². The highest BCUT2D eigenvalue weighted by atomic mass is 31.2. The quantitative estimate of drug-likeness (QED) is 0.0205. The predicted octanol–water partition coefficient (Wildman–Crippen LogP) is 21.4. The lowest BCUT2D eigenvalue weighted by Crippen LogP contribution is -2.47. The van der Waals surface area contributed by atoms with Gasteiger partial charge in [-0.05, 0) is 122 Å². The summed E-state index contributed by atoms with van der Waals surface area (Å²) >= 11 is 0. The molecule has 0 aromatic carbocycles. The van der Waals surface area contributed by atoms with E-state index in [1.165, 1.54) is 109 Å². The second-order valence-corrected chi connectivity index (χ2v) is 25.1. The topological polar surface area (TPSA) is 111 Å². The van der Waals surface area contributed by atoms with Crippen LogP contribution in [0.4, 0.5) is 0 Å². The van der Waals surface area contributed by atoms with E-state index < -0.39 is 20.0 Å². The van der Waals surface area contributed by atoms with Gasteiger partial charge < -0.3 is 19.4 Å². The number of ether oxygens (including phenoxy) is 1. The number of hydrogen-bond donors (Lipinski definition) is 2. The summed E-state index contributed by atoms with van der Waals surface area (Å²) in [5.41, 5.74) is 0. The zero-order valence-corrected chi connectivity index (χ0v) is 55.3. The zero-order valence-electron chi connectivity index (χ0n) is 54.4. The van der Waals surface area contributed by atoms with Crippen LogP contribution in [0.2, 0.25) is 0 Å². The number of nitrogens with one attached hydrogen (secondary N) is 1. The average Bonchev–Trinajstić information content (AvgIpc) is 3.51. The van der Waals surface area contributed by atoms with Crippen LogP contribution in [0.5, 0.6) is 0 Å². The predicted molar refractivity (Wildman–Crippen MR) is 360 cm³/mol. The summed E-state index contributed by atoms with van der Waals surface area (Å²) in [6, 6.07) is -0.873. The van der Waals surface area contributed by atoms with Gasteiger partial charge in [0.25, 0.3) is 0 Å². The Morgan fingerprint density at radius 2 is 0.771 bits per heavy atom. The van der Waals surface area contributed by atoms with Gasteiger partial charge in [0.1, 0.15) is 19.3 Å². The van der Waals surface area contributed by atoms with Crippen molar-refractivity contribution in [2.24, 2.45) is 0 Å². The Morgan fingerprint density at radius 3 is 1.18 bits per heavy atom. The highest BCUT2D eigenvalue weighted by Gasteiger charge is 2.30.